The van der Waals surface area contributed by atoms with Crippen molar-refractivity contribution in [2.45, 2.75) is 77.7 Å². The highest BCUT2D eigenvalue weighted by atomic mass is 16.5. The molecule has 2 nitrogen and oxygen atoms in total. The lowest BCUT2D eigenvalue weighted by molar-refractivity contribution is 0.0173. The molecule has 2 aliphatic carbocycles. The first kappa shape index (κ1) is 16.5. The van der Waals surface area contributed by atoms with Gasteiger partial charge in [-0.1, -0.05) is 32.8 Å². The van der Waals surface area contributed by atoms with Gasteiger partial charge in [0.2, 0.25) is 0 Å². The van der Waals surface area contributed by atoms with Gasteiger partial charge >= 0.3 is 5.97 Å². The molecular formula is C21H30O2. The summed E-state index contributed by atoms with van der Waals surface area (Å²) in [4.78, 5) is 12.4. The van der Waals surface area contributed by atoms with E-state index < -0.39 is 0 Å². The maximum atomic E-state index is 12.4. The molecule has 0 bridgehead atoms. The Balaban J connectivity index is 1.62. The second kappa shape index (κ2) is 7.51. The van der Waals surface area contributed by atoms with Gasteiger partial charge < -0.3 is 4.74 Å². The molecule has 0 saturated heterocycles. The Morgan fingerprint density at radius 1 is 1.13 bits per heavy atom. The highest BCUT2D eigenvalue weighted by molar-refractivity contribution is 5.89. The molecule has 2 aliphatic rings. The van der Waals surface area contributed by atoms with Gasteiger partial charge in [0.25, 0.3) is 0 Å². The van der Waals surface area contributed by atoms with Crippen LogP contribution in [0.4, 0.5) is 0 Å². The summed E-state index contributed by atoms with van der Waals surface area (Å²) in [6.07, 6.45) is 10.7. The van der Waals surface area contributed by atoms with Crippen molar-refractivity contribution >= 4 is 5.97 Å². The third-order valence-corrected chi connectivity index (χ3v) is 5.71. The van der Waals surface area contributed by atoms with Crippen LogP contribution in [-0.4, -0.2) is 12.1 Å². The fourth-order valence-corrected chi connectivity index (χ4v) is 4.18. The van der Waals surface area contributed by atoms with E-state index in [1.807, 2.05) is 6.07 Å². The second-order valence-electron chi connectivity index (χ2n) is 7.67. The second-order valence-corrected chi connectivity index (χ2v) is 7.67. The van der Waals surface area contributed by atoms with Crippen LogP contribution in [0.3, 0.4) is 0 Å². The molecule has 1 unspecified atom stereocenters. The van der Waals surface area contributed by atoms with Crippen molar-refractivity contribution in [1.82, 2.24) is 0 Å². The molecule has 0 heterocycles. The summed E-state index contributed by atoms with van der Waals surface area (Å²) in [5, 5.41) is 0. The van der Waals surface area contributed by atoms with Gasteiger partial charge in [-0.3, -0.25) is 0 Å². The number of ether oxygens (including phenoxy) is 1. The predicted molar refractivity (Wildman–Crippen MR) is 93.7 cm³/mol. The first-order valence-electron chi connectivity index (χ1n) is 9.48. The van der Waals surface area contributed by atoms with Crippen molar-refractivity contribution in [3.63, 3.8) is 0 Å². The van der Waals surface area contributed by atoms with Crippen LogP contribution in [0.5, 0.6) is 0 Å². The zero-order valence-electron chi connectivity index (χ0n) is 14.6. The lowest BCUT2D eigenvalue weighted by atomic mass is 9.81. The minimum Gasteiger partial charge on any atom is -0.459 e. The molecule has 1 aromatic carbocycles. The summed E-state index contributed by atoms with van der Waals surface area (Å²) >= 11 is 0. The van der Waals surface area contributed by atoms with Crippen LogP contribution in [0.25, 0.3) is 0 Å². The molecule has 1 saturated carbocycles. The molecule has 1 atom stereocenters. The maximum absolute atomic E-state index is 12.4. The maximum Gasteiger partial charge on any atom is 0.338 e. The van der Waals surface area contributed by atoms with Crippen LogP contribution in [0.2, 0.25) is 0 Å². The average Bonchev–Trinajstić information content (AvgIpc) is 2.56. The molecule has 126 valence electrons. The molecule has 3 rings (SSSR count). The summed E-state index contributed by atoms with van der Waals surface area (Å²) in [5.41, 5.74) is 3.55. The number of fused-ring (bicyclic) bond motifs is 1. The van der Waals surface area contributed by atoms with Gasteiger partial charge in [-0.25, -0.2) is 4.79 Å². The van der Waals surface area contributed by atoms with Crippen molar-refractivity contribution in [3.05, 3.63) is 34.9 Å². The van der Waals surface area contributed by atoms with Crippen LogP contribution in [0.1, 0.15) is 80.3 Å². The molecule has 1 aromatic rings. The first-order valence-corrected chi connectivity index (χ1v) is 9.48. The van der Waals surface area contributed by atoms with Crippen LogP contribution >= 0.6 is 0 Å². The number of benzene rings is 1. The van der Waals surface area contributed by atoms with Gasteiger partial charge in [0.15, 0.2) is 0 Å². The average molecular weight is 314 g/mol. The number of hydrogen-bond acceptors (Lipinski definition) is 2. The minimum atomic E-state index is -0.122. The van der Waals surface area contributed by atoms with Crippen LogP contribution in [0, 0.1) is 11.8 Å². The van der Waals surface area contributed by atoms with E-state index >= 15 is 0 Å². The standard InChI is InChI=1S/C21H30O2/c1-3-4-16-7-8-18-14-19(10-9-17(18)13-16)21(22)23-20-11-5-15(2)6-12-20/h9-10,14-16,20H,3-8,11-13H2,1-2H3/t15-,16?,20-. The summed E-state index contributed by atoms with van der Waals surface area (Å²) in [6.45, 7) is 4.55. The number of rotatable bonds is 4. The van der Waals surface area contributed by atoms with Crippen molar-refractivity contribution in [3.8, 4) is 0 Å². The molecule has 2 heteroatoms. The Bertz CT molecular complexity index is 541. The van der Waals surface area contributed by atoms with Gasteiger partial charge in [-0.15, -0.1) is 0 Å². The smallest absolute Gasteiger partial charge is 0.338 e. The fraction of sp³-hybridized carbons (Fsp3) is 0.667. The van der Waals surface area contributed by atoms with Gasteiger partial charge in [0.1, 0.15) is 6.10 Å². The van der Waals surface area contributed by atoms with E-state index in [1.165, 1.54) is 49.7 Å². The number of aryl methyl sites for hydroxylation is 1. The first-order chi connectivity index (χ1) is 11.2. The van der Waals surface area contributed by atoms with E-state index in [0.717, 1.165) is 36.7 Å². The lowest BCUT2D eigenvalue weighted by Gasteiger charge is -2.27. The molecule has 0 aromatic heterocycles. The zero-order chi connectivity index (χ0) is 16.2. The molecule has 0 radical (unpaired) electrons. The third-order valence-electron chi connectivity index (χ3n) is 5.71. The highest BCUT2D eigenvalue weighted by Crippen LogP contribution is 2.30. The summed E-state index contributed by atoms with van der Waals surface area (Å²) in [6, 6.07) is 6.23. The Morgan fingerprint density at radius 3 is 2.65 bits per heavy atom. The van der Waals surface area contributed by atoms with Gasteiger partial charge in [0.05, 0.1) is 5.56 Å². The molecule has 0 N–H and O–H groups in total. The lowest BCUT2D eigenvalue weighted by Crippen LogP contribution is -2.24. The Morgan fingerprint density at radius 2 is 1.91 bits per heavy atom. The topological polar surface area (TPSA) is 26.3 Å². The van der Waals surface area contributed by atoms with Crippen molar-refractivity contribution in [2.75, 3.05) is 0 Å². The van der Waals surface area contributed by atoms with E-state index in [9.17, 15) is 4.79 Å². The normalized spacial score (nSPS) is 27.3. The van der Waals surface area contributed by atoms with Gasteiger partial charge in [-0.2, -0.15) is 0 Å². The quantitative estimate of drug-likeness (QED) is 0.702. The molecular weight excluding hydrogens is 284 g/mol. The SMILES string of the molecule is CCCC1CCc2cc(C(=O)O[C@H]3CC[C@H](C)CC3)ccc2C1. The van der Waals surface area contributed by atoms with Crippen LogP contribution < -0.4 is 0 Å². The highest BCUT2D eigenvalue weighted by Gasteiger charge is 2.23. The fourth-order valence-electron chi connectivity index (χ4n) is 4.18. The zero-order valence-corrected chi connectivity index (χ0v) is 14.6. The predicted octanol–water partition coefficient (Wildman–Crippen LogP) is 5.33. The molecule has 1 fully saturated rings. The number of carbonyl (C=O) groups excluding carboxylic acids is 1. The van der Waals surface area contributed by atoms with Crippen molar-refractivity contribution in [2.24, 2.45) is 11.8 Å². The molecule has 0 spiro atoms. The largest absolute Gasteiger partial charge is 0.459 e. The van der Waals surface area contributed by atoms with Crippen molar-refractivity contribution < 1.29 is 9.53 Å². The van der Waals surface area contributed by atoms with E-state index in [1.54, 1.807) is 0 Å². The number of esters is 1. The van der Waals surface area contributed by atoms with Gasteiger partial charge in [-0.05, 0) is 80.0 Å². The Labute approximate surface area is 140 Å². The monoisotopic (exact) mass is 314 g/mol. The molecule has 23 heavy (non-hydrogen) atoms. The summed E-state index contributed by atoms with van der Waals surface area (Å²) in [7, 11) is 0. The van der Waals surface area contributed by atoms with E-state index in [-0.39, 0.29) is 12.1 Å². The summed E-state index contributed by atoms with van der Waals surface area (Å²) in [5.74, 6) is 1.49. The van der Waals surface area contributed by atoms with Gasteiger partial charge in [0, 0.05) is 0 Å². The van der Waals surface area contributed by atoms with Crippen LogP contribution in [-0.2, 0) is 17.6 Å². The summed E-state index contributed by atoms with van der Waals surface area (Å²) < 4.78 is 5.74. The van der Waals surface area contributed by atoms with E-state index in [2.05, 4.69) is 26.0 Å². The molecule has 0 amide bonds. The van der Waals surface area contributed by atoms with E-state index in [4.69, 9.17) is 4.74 Å². The van der Waals surface area contributed by atoms with Crippen LogP contribution in [0.15, 0.2) is 18.2 Å². The third kappa shape index (κ3) is 4.16. The van der Waals surface area contributed by atoms with Crippen molar-refractivity contribution in [1.29, 1.82) is 0 Å². The van der Waals surface area contributed by atoms with E-state index in [0.29, 0.717) is 0 Å². The minimum absolute atomic E-state index is 0.122. The number of carbonyl (C=O) groups is 1. The molecule has 0 aliphatic heterocycles. The Hall–Kier alpha value is -1.31. The Kier molecular flexibility index (Phi) is 5.40. The number of hydrogen-bond donors (Lipinski definition) is 0.